The van der Waals surface area contributed by atoms with E-state index in [0.29, 0.717) is 33.7 Å². The molecular formula is C30H40ClN5O3. The molecule has 2 aliphatic rings. The van der Waals surface area contributed by atoms with Gasteiger partial charge in [-0.1, -0.05) is 45.2 Å². The van der Waals surface area contributed by atoms with Gasteiger partial charge in [-0.05, 0) is 75.5 Å². The number of fused-ring (bicyclic) bond motifs is 2. The highest BCUT2D eigenvalue weighted by atomic mass is 35.5. The van der Waals surface area contributed by atoms with Crippen LogP contribution in [-0.4, -0.2) is 65.2 Å². The molecule has 0 bridgehead atoms. The Morgan fingerprint density at radius 1 is 1.15 bits per heavy atom. The zero-order valence-electron chi connectivity index (χ0n) is 23.5. The number of rotatable bonds is 8. The summed E-state index contributed by atoms with van der Waals surface area (Å²) < 4.78 is 0. The van der Waals surface area contributed by atoms with E-state index in [2.05, 4.69) is 15.2 Å². The summed E-state index contributed by atoms with van der Waals surface area (Å²) in [6, 6.07) is 8.46. The van der Waals surface area contributed by atoms with Gasteiger partial charge in [0.15, 0.2) is 5.82 Å². The summed E-state index contributed by atoms with van der Waals surface area (Å²) in [6.07, 6.45) is 6.99. The number of carbonyl (C=O) groups excluding carboxylic acids is 3. The zero-order valence-corrected chi connectivity index (χ0v) is 24.3. The normalized spacial score (nSPS) is 16.2. The lowest BCUT2D eigenvalue weighted by Gasteiger charge is -2.33. The highest BCUT2D eigenvalue weighted by Crippen LogP contribution is 2.37. The summed E-state index contributed by atoms with van der Waals surface area (Å²) in [7, 11) is 0. The van der Waals surface area contributed by atoms with Crippen LogP contribution in [-0.2, 0) is 9.59 Å². The molecule has 1 aromatic heterocycles. The van der Waals surface area contributed by atoms with Gasteiger partial charge in [0.2, 0.25) is 11.8 Å². The summed E-state index contributed by atoms with van der Waals surface area (Å²) in [5, 5.41) is 3.29. The Hall–Kier alpha value is -2.97. The van der Waals surface area contributed by atoms with E-state index in [1.54, 1.807) is 41.4 Å². The summed E-state index contributed by atoms with van der Waals surface area (Å²) in [5.74, 6) is 0.823. The molecule has 3 heterocycles. The van der Waals surface area contributed by atoms with E-state index in [9.17, 15) is 14.4 Å². The molecule has 0 spiro atoms. The second-order valence-corrected chi connectivity index (χ2v) is 12.0. The Labute approximate surface area is 236 Å². The number of hydrogen-bond acceptors (Lipinski definition) is 5. The molecule has 39 heavy (non-hydrogen) atoms. The van der Waals surface area contributed by atoms with Gasteiger partial charge in [0.1, 0.15) is 0 Å². The fourth-order valence-corrected chi connectivity index (χ4v) is 5.59. The lowest BCUT2D eigenvalue weighted by atomic mass is 9.91. The Bertz CT molecular complexity index is 1200. The summed E-state index contributed by atoms with van der Waals surface area (Å²) in [6.45, 7) is 11.5. The highest BCUT2D eigenvalue weighted by molar-refractivity contribution is 6.31. The van der Waals surface area contributed by atoms with Crippen LogP contribution in [0.1, 0.15) is 70.2 Å². The van der Waals surface area contributed by atoms with Crippen molar-refractivity contribution in [2.75, 3.05) is 42.9 Å². The van der Waals surface area contributed by atoms with Crippen LogP contribution in [0.15, 0.2) is 36.5 Å². The van der Waals surface area contributed by atoms with Crippen LogP contribution in [0.4, 0.5) is 17.2 Å². The minimum Gasteiger partial charge on any atom is -0.343 e. The Kier molecular flexibility index (Phi) is 9.28. The SMILES string of the molecule is CCN(CCCCC1CCN(CC(=O)N2c3ccc(Cl)cc3C(=O)Nc3cccnc32)CC1)C(=O)C(C)(C)C. The molecule has 0 unspecified atom stereocenters. The molecule has 1 fully saturated rings. The van der Waals surface area contributed by atoms with Crippen LogP contribution >= 0.6 is 11.6 Å². The third kappa shape index (κ3) is 6.97. The Balaban J connectivity index is 1.32. The second-order valence-electron chi connectivity index (χ2n) is 11.6. The van der Waals surface area contributed by atoms with Gasteiger partial charge in [0.05, 0.1) is 23.5 Å². The predicted molar refractivity (Wildman–Crippen MR) is 156 cm³/mol. The van der Waals surface area contributed by atoms with Crippen molar-refractivity contribution in [2.45, 2.75) is 59.8 Å². The first kappa shape index (κ1) is 29.0. The molecule has 3 amide bonds. The van der Waals surface area contributed by atoms with Gasteiger partial charge >= 0.3 is 0 Å². The molecule has 2 aliphatic heterocycles. The third-order valence-corrected chi connectivity index (χ3v) is 7.84. The number of aromatic nitrogens is 1. The van der Waals surface area contributed by atoms with Crippen molar-refractivity contribution in [3.8, 4) is 0 Å². The molecular weight excluding hydrogens is 514 g/mol. The van der Waals surface area contributed by atoms with Gasteiger partial charge < -0.3 is 10.2 Å². The van der Waals surface area contributed by atoms with Crippen molar-refractivity contribution < 1.29 is 14.4 Å². The van der Waals surface area contributed by atoms with Gasteiger partial charge in [-0.15, -0.1) is 0 Å². The molecule has 1 N–H and O–H groups in total. The number of benzene rings is 1. The molecule has 210 valence electrons. The fourth-order valence-electron chi connectivity index (χ4n) is 5.42. The monoisotopic (exact) mass is 553 g/mol. The van der Waals surface area contributed by atoms with Crippen molar-refractivity contribution >= 4 is 46.5 Å². The van der Waals surface area contributed by atoms with Crippen molar-refractivity contribution in [1.29, 1.82) is 0 Å². The first-order chi connectivity index (χ1) is 18.6. The molecule has 1 saturated heterocycles. The Morgan fingerprint density at radius 2 is 1.90 bits per heavy atom. The summed E-state index contributed by atoms with van der Waals surface area (Å²) in [5.41, 5.74) is 0.985. The predicted octanol–water partition coefficient (Wildman–Crippen LogP) is 5.74. The van der Waals surface area contributed by atoms with Gasteiger partial charge in [-0.25, -0.2) is 4.98 Å². The van der Waals surface area contributed by atoms with E-state index in [1.165, 1.54) is 0 Å². The summed E-state index contributed by atoms with van der Waals surface area (Å²) >= 11 is 6.18. The van der Waals surface area contributed by atoms with Crippen molar-refractivity contribution in [3.63, 3.8) is 0 Å². The number of amides is 3. The topological polar surface area (TPSA) is 85.8 Å². The first-order valence-electron chi connectivity index (χ1n) is 14.0. The molecule has 8 nitrogen and oxygen atoms in total. The average molecular weight is 554 g/mol. The lowest BCUT2D eigenvalue weighted by Crippen LogP contribution is -2.42. The average Bonchev–Trinajstić information content (AvgIpc) is 3.02. The van der Waals surface area contributed by atoms with Crippen LogP contribution in [0.3, 0.4) is 0 Å². The second kappa shape index (κ2) is 12.5. The van der Waals surface area contributed by atoms with Gasteiger partial charge in [0.25, 0.3) is 5.91 Å². The van der Waals surface area contributed by atoms with Gasteiger partial charge in [-0.2, -0.15) is 0 Å². The number of likely N-dealkylation sites (tertiary alicyclic amines) is 1. The zero-order chi connectivity index (χ0) is 28.2. The smallest absolute Gasteiger partial charge is 0.257 e. The first-order valence-corrected chi connectivity index (χ1v) is 14.4. The van der Waals surface area contributed by atoms with Gasteiger partial charge in [0, 0.05) is 29.7 Å². The van der Waals surface area contributed by atoms with Crippen molar-refractivity contribution in [2.24, 2.45) is 11.3 Å². The standard InChI is InChI=1S/C30H40ClN5O3/c1-5-35(29(39)30(2,3)4)16-7-6-9-21-13-17-34(18-14-21)20-26(37)36-25-12-11-22(31)19-23(25)28(38)33-24-10-8-15-32-27(24)36/h8,10-12,15,19,21H,5-7,9,13-14,16-18,20H2,1-4H3,(H,33,38). The molecule has 0 radical (unpaired) electrons. The van der Waals surface area contributed by atoms with E-state index >= 15 is 0 Å². The maximum atomic E-state index is 13.7. The number of anilines is 3. The number of unbranched alkanes of at least 4 members (excludes halogenated alkanes) is 1. The molecule has 0 saturated carbocycles. The van der Waals surface area contributed by atoms with Crippen LogP contribution in [0.2, 0.25) is 5.02 Å². The number of pyridine rings is 1. The molecule has 2 aromatic rings. The van der Waals surface area contributed by atoms with Crippen molar-refractivity contribution in [3.05, 3.63) is 47.1 Å². The van der Waals surface area contributed by atoms with E-state index in [4.69, 9.17) is 11.6 Å². The molecule has 1 aromatic carbocycles. The number of nitrogens with one attached hydrogen (secondary N) is 1. The van der Waals surface area contributed by atoms with E-state index < -0.39 is 0 Å². The molecule has 0 aliphatic carbocycles. The Morgan fingerprint density at radius 3 is 2.59 bits per heavy atom. The van der Waals surface area contributed by atoms with Crippen LogP contribution < -0.4 is 10.2 Å². The van der Waals surface area contributed by atoms with Gasteiger partial charge in [-0.3, -0.25) is 24.2 Å². The number of halogens is 1. The van der Waals surface area contributed by atoms with Crippen LogP contribution in [0, 0.1) is 11.3 Å². The minimum absolute atomic E-state index is 0.128. The highest BCUT2D eigenvalue weighted by Gasteiger charge is 2.32. The van der Waals surface area contributed by atoms with E-state index in [1.807, 2.05) is 32.6 Å². The van der Waals surface area contributed by atoms with E-state index in [0.717, 1.165) is 58.3 Å². The number of nitrogens with zero attached hydrogens (tertiary/aromatic N) is 4. The largest absolute Gasteiger partial charge is 0.343 e. The number of hydrogen-bond donors (Lipinski definition) is 1. The van der Waals surface area contributed by atoms with E-state index in [-0.39, 0.29) is 29.7 Å². The molecule has 4 rings (SSSR count). The fraction of sp³-hybridized carbons (Fsp3) is 0.533. The van der Waals surface area contributed by atoms with Crippen LogP contribution in [0.5, 0.6) is 0 Å². The maximum absolute atomic E-state index is 13.7. The number of carbonyl (C=O) groups is 3. The van der Waals surface area contributed by atoms with Crippen molar-refractivity contribution in [1.82, 2.24) is 14.8 Å². The lowest BCUT2D eigenvalue weighted by molar-refractivity contribution is -0.139. The van der Waals surface area contributed by atoms with Crippen LogP contribution in [0.25, 0.3) is 0 Å². The molecule has 9 heteroatoms. The molecule has 0 atom stereocenters. The minimum atomic E-state index is -0.340. The quantitative estimate of drug-likeness (QED) is 0.421. The maximum Gasteiger partial charge on any atom is 0.257 e. The summed E-state index contributed by atoms with van der Waals surface area (Å²) in [4.78, 5) is 49.3. The third-order valence-electron chi connectivity index (χ3n) is 7.61. The number of piperidine rings is 1.